The molecule has 2 rings (SSSR count). The molecule has 0 spiro atoms. The monoisotopic (exact) mass is 259 g/mol. The van der Waals surface area contributed by atoms with E-state index in [1.807, 2.05) is 29.8 Å². The summed E-state index contributed by atoms with van der Waals surface area (Å²) in [5.74, 6) is 0.799. The van der Waals surface area contributed by atoms with Gasteiger partial charge in [-0.25, -0.2) is 4.68 Å². The molecular formula is C14H21N5. The van der Waals surface area contributed by atoms with Crippen LogP contribution in [0.25, 0.3) is 11.4 Å². The van der Waals surface area contributed by atoms with Gasteiger partial charge in [0.1, 0.15) is 0 Å². The maximum atomic E-state index is 5.96. The number of benzene rings is 1. The zero-order valence-corrected chi connectivity index (χ0v) is 11.8. The highest BCUT2D eigenvalue weighted by Gasteiger charge is 2.16. The molecule has 0 aliphatic carbocycles. The van der Waals surface area contributed by atoms with Crippen LogP contribution in [-0.4, -0.2) is 20.2 Å². The Morgan fingerprint density at radius 2 is 2.16 bits per heavy atom. The molecule has 0 aliphatic heterocycles. The van der Waals surface area contributed by atoms with E-state index in [0.717, 1.165) is 29.1 Å². The minimum atomic E-state index is 0.297. The molecule has 2 N–H and O–H groups in total. The Morgan fingerprint density at radius 1 is 1.37 bits per heavy atom. The van der Waals surface area contributed by atoms with Gasteiger partial charge >= 0.3 is 0 Å². The predicted molar refractivity (Wildman–Crippen MR) is 76.6 cm³/mol. The molecule has 1 aromatic heterocycles. The lowest BCUT2D eigenvalue weighted by molar-refractivity contribution is 0.437. The lowest BCUT2D eigenvalue weighted by atomic mass is 10.1. The average molecular weight is 259 g/mol. The summed E-state index contributed by atoms with van der Waals surface area (Å²) in [5, 5.41) is 12.1. The van der Waals surface area contributed by atoms with Gasteiger partial charge in [0.15, 0.2) is 5.82 Å². The Labute approximate surface area is 113 Å². The molecule has 0 aliphatic rings. The maximum absolute atomic E-state index is 5.96. The van der Waals surface area contributed by atoms with Gasteiger partial charge < -0.3 is 5.73 Å². The van der Waals surface area contributed by atoms with Crippen LogP contribution in [0.3, 0.4) is 0 Å². The highest BCUT2D eigenvalue weighted by atomic mass is 15.5. The second kappa shape index (κ2) is 5.82. The highest BCUT2D eigenvalue weighted by molar-refractivity contribution is 5.67. The normalized spacial score (nSPS) is 12.6. The first-order valence-electron chi connectivity index (χ1n) is 6.78. The molecule has 0 saturated heterocycles. The van der Waals surface area contributed by atoms with E-state index in [-0.39, 0.29) is 0 Å². The maximum Gasteiger partial charge on any atom is 0.182 e. The molecule has 1 unspecified atom stereocenters. The van der Waals surface area contributed by atoms with E-state index in [2.05, 4.69) is 29.4 Å². The Kier molecular flexibility index (Phi) is 4.14. The Balaban J connectivity index is 2.36. The summed E-state index contributed by atoms with van der Waals surface area (Å²) in [7, 11) is 0. The number of nitrogens with zero attached hydrogens (tertiary/aromatic N) is 4. The van der Waals surface area contributed by atoms with E-state index >= 15 is 0 Å². The van der Waals surface area contributed by atoms with Gasteiger partial charge in [-0.3, -0.25) is 0 Å². The molecule has 5 nitrogen and oxygen atoms in total. The van der Waals surface area contributed by atoms with Crippen molar-refractivity contribution in [2.75, 3.05) is 5.73 Å². The van der Waals surface area contributed by atoms with Gasteiger partial charge in [-0.15, -0.1) is 5.10 Å². The van der Waals surface area contributed by atoms with Crippen molar-refractivity contribution in [2.45, 2.75) is 46.1 Å². The van der Waals surface area contributed by atoms with Crippen molar-refractivity contribution in [1.82, 2.24) is 20.2 Å². The standard InChI is InChI=1S/C14H21N5/c1-4-5-7-10(2)19-14(16-17-18-19)12-8-6-9-13(15)11(12)3/h6,8-10H,4-5,7,15H2,1-3H3. The lowest BCUT2D eigenvalue weighted by Crippen LogP contribution is -2.10. The fraction of sp³-hybridized carbons (Fsp3) is 0.500. The van der Waals surface area contributed by atoms with Crippen molar-refractivity contribution >= 4 is 5.69 Å². The van der Waals surface area contributed by atoms with Gasteiger partial charge in [0, 0.05) is 11.3 Å². The molecule has 2 aromatic rings. The molecule has 1 heterocycles. The second-order valence-electron chi connectivity index (χ2n) is 4.96. The molecule has 0 bridgehead atoms. The zero-order valence-electron chi connectivity index (χ0n) is 11.8. The summed E-state index contributed by atoms with van der Waals surface area (Å²) in [6.45, 7) is 6.34. The smallest absolute Gasteiger partial charge is 0.182 e. The van der Waals surface area contributed by atoms with Gasteiger partial charge in [-0.2, -0.15) is 0 Å². The van der Waals surface area contributed by atoms with Crippen LogP contribution in [0.2, 0.25) is 0 Å². The number of aromatic nitrogens is 4. The number of tetrazole rings is 1. The topological polar surface area (TPSA) is 69.6 Å². The number of nitrogens with two attached hydrogens (primary N) is 1. The van der Waals surface area contributed by atoms with Gasteiger partial charge in [0.05, 0.1) is 6.04 Å². The summed E-state index contributed by atoms with van der Waals surface area (Å²) >= 11 is 0. The van der Waals surface area contributed by atoms with Crippen LogP contribution in [0.4, 0.5) is 5.69 Å². The third-order valence-electron chi connectivity index (χ3n) is 3.50. The fourth-order valence-electron chi connectivity index (χ4n) is 2.19. The van der Waals surface area contributed by atoms with Crippen LogP contribution >= 0.6 is 0 Å². The molecule has 5 heteroatoms. The first kappa shape index (κ1) is 13.5. The molecule has 1 atom stereocenters. The second-order valence-corrected chi connectivity index (χ2v) is 4.96. The van der Waals surface area contributed by atoms with E-state index in [0.29, 0.717) is 6.04 Å². The summed E-state index contributed by atoms with van der Waals surface area (Å²) < 4.78 is 1.90. The van der Waals surface area contributed by atoms with Gasteiger partial charge in [-0.05, 0) is 42.3 Å². The Morgan fingerprint density at radius 3 is 2.89 bits per heavy atom. The van der Waals surface area contributed by atoms with Gasteiger partial charge in [-0.1, -0.05) is 31.9 Å². The molecule has 0 radical (unpaired) electrons. The van der Waals surface area contributed by atoms with Gasteiger partial charge in [0.25, 0.3) is 0 Å². The summed E-state index contributed by atoms with van der Waals surface area (Å²) in [6.07, 6.45) is 3.44. The van der Waals surface area contributed by atoms with Crippen molar-refractivity contribution in [3.05, 3.63) is 23.8 Å². The third-order valence-corrected chi connectivity index (χ3v) is 3.50. The molecule has 0 saturated carbocycles. The molecular weight excluding hydrogens is 238 g/mol. The summed E-state index contributed by atoms with van der Waals surface area (Å²) in [4.78, 5) is 0. The molecule has 0 fully saturated rings. The minimum Gasteiger partial charge on any atom is -0.398 e. The van der Waals surface area contributed by atoms with Gasteiger partial charge in [0.2, 0.25) is 0 Å². The van der Waals surface area contributed by atoms with Crippen LogP contribution in [-0.2, 0) is 0 Å². The zero-order chi connectivity index (χ0) is 13.8. The van der Waals surface area contributed by atoms with Crippen molar-refractivity contribution in [3.63, 3.8) is 0 Å². The Hall–Kier alpha value is -1.91. The van der Waals surface area contributed by atoms with Crippen LogP contribution in [0.15, 0.2) is 18.2 Å². The Bertz CT molecular complexity index is 547. The van der Waals surface area contributed by atoms with Crippen molar-refractivity contribution in [1.29, 1.82) is 0 Å². The summed E-state index contributed by atoms with van der Waals surface area (Å²) in [6, 6.07) is 6.15. The van der Waals surface area contributed by atoms with E-state index < -0.39 is 0 Å². The quantitative estimate of drug-likeness (QED) is 0.838. The largest absolute Gasteiger partial charge is 0.398 e. The highest BCUT2D eigenvalue weighted by Crippen LogP contribution is 2.27. The molecule has 19 heavy (non-hydrogen) atoms. The number of rotatable bonds is 5. The number of unbranched alkanes of at least 4 members (excludes halogenated alkanes) is 1. The van der Waals surface area contributed by atoms with E-state index in [4.69, 9.17) is 5.73 Å². The first-order valence-corrected chi connectivity index (χ1v) is 6.78. The number of hydrogen-bond donors (Lipinski definition) is 1. The molecule has 1 aromatic carbocycles. The SMILES string of the molecule is CCCCC(C)n1nnnc1-c1cccc(N)c1C. The fourth-order valence-corrected chi connectivity index (χ4v) is 2.19. The third kappa shape index (κ3) is 2.75. The van der Waals surface area contributed by atoms with E-state index in [1.54, 1.807) is 0 Å². The van der Waals surface area contributed by atoms with Crippen LogP contribution in [0, 0.1) is 6.92 Å². The number of nitrogen functional groups attached to an aromatic ring is 1. The molecule has 102 valence electrons. The minimum absolute atomic E-state index is 0.297. The average Bonchev–Trinajstić information content (AvgIpc) is 2.88. The van der Waals surface area contributed by atoms with Crippen LogP contribution < -0.4 is 5.73 Å². The van der Waals surface area contributed by atoms with Crippen LogP contribution in [0.1, 0.15) is 44.7 Å². The number of hydrogen-bond acceptors (Lipinski definition) is 4. The van der Waals surface area contributed by atoms with E-state index in [1.165, 1.54) is 12.8 Å². The van der Waals surface area contributed by atoms with Crippen molar-refractivity contribution in [2.24, 2.45) is 0 Å². The summed E-state index contributed by atoms with van der Waals surface area (Å²) in [5.41, 5.74) is 8.76. The van der Waals surface area contributed by atoms with E-state index in [9.17, 15) is 0 Å². The predicted octanol–water partition coefficient (Wildman–Crippen LogP) is 2.98. The van der Waals surface area contributed by atoms with Crippen LogP contribution in [0.5, 0.6) is 0 Å². The lowest BCUT2D eigenvalue weighted by Gasteiger charge is -2.14. The van der Waals surface area contributed by atoms with Crippen molar-refractivity contribution in [3.8, 4) is 11.4 Å². The molecule has 0 amide bonds. The number of anilines is 1. The first-order chi connectivity index (χ1) is 9.15. The van der Waals surface area contributed by atoms with Crippen molar-refractivity contribution < 1.29 is 0 Å².